The molecule has 0 aliphatic rings. The normalized spacial score (nSPS) is 15.9. The Morgan fingerprint density at radius 3 is 2.00 bits per heavy atom. The van der Waals surface area contributed by atoms with Gasteiger partial charge in [-0.1, -0.05) is 13.8 Å². The quantitative estimate of drug-likeness (QED) is 0.655. The Balaban J connectivity index is 3.99. The van der Waals surface area contributed by atoms with E-state index in [4.69, 9.17) is 5.11 Å². The van der Waals surface area contributed by atoms with Crippen molar-refractivity contribution in [2.24, 2.45) is 11.8 Å². The number of amides is 2. The second-order valence-corrected chi connectivity index (χ2v) is 5.41. The number of nitrogens with one attached hydrogen (secondary N) is 2. The van der Waals surface area contributed by atoms with E-state index in [1.54, 1.807) is 13.8 Å². The summed E-state index contributed by atoms with van der Waals surface area (Å²) in [5.74, 6) is -0.888. The molecule has 2 amide bonds. The highest BCUT2D eigenvalue weighted by molar-refractivity contribution is 5.76. The summed E-state index contributed by atoms with van der Waals surface area (Å²) in [5, 5.41) is 14.3. The molecular formula is C13H26N2O3. The van der Waals surface area contributed by atoms with Crippen molar-refractivity contribution in [3.8, 4) is 0 Å². The Bertz CT molecular complexity index is 279. The van der Waals surface area contributed by atoms with Gasteiger partial charge in [0.1, 0.15) is 0 Å². The highest BCUT2D eigenvalue weighted by Gasteiger charge is 2.21. The summed E-state index contributed by atoms with van der Waals surface area (Å²) in [6.45, 7) is 9.51. The van der Waals surface area contributed by atoms with Gasteiger partial charge < -0.3 is 15.7 Å². The van der Waals surface area contributed by atoms with Crippen LogP contribution < -0.4 is 10.6 Å². The van der Waals surface area contributed by atoms with Crippen LogP contribution in [0.1, 0.15) is 47.5 Å². The zero-order valence-electron chi connectivity index (χ0n) is 12.0. The van der Waals surface area contributed by atoms with E-state index in [1.165, 1.54) is 0 Å². The number of carbonyl (C=O) groups is 2. The molecule has 5 nitrogen and oxygen atoms in total. The molecule has 0 saturated carbocycles. The van der Waals surface area contributed by atoms with Crippen LogP contribution in [0.2, 0.25) is 0 Å². The maximum Gasteiger partial charge on any atom is 0.315 e. The summed E-state index contributed by atoms with van der Waals surface area (Å²) in [7, 11) is 0. The van der Waals surface area contributed by atoms with Gasteiger partial charge in [-0.3, -0.25) is 4.79 Å². The van der Waals surface area contributed by atoms with Crippen molar-refractivity contribution < 1.29 is 14.7 Å². The molecule has 0 aromatic rings. The number of aliphatic carboxylic acids is 1. The zero-order valence-corrected chi connectivity index (χ0v) is 12.0. The molecule has 3 atom stereocenters. The third kappa shape index (κ3) is 7.14. The molecular weight excluding hydrogens is 232 g/mol. The van der Waals surface area contributed by atoms with Crippen LogP contribution in [-0.2, 0) is 4.79 Å². The summed E-state index contributed by atoms with van der Waals surface area (Å²) in [5.41, 5.74) is 0. The third-order valence-corrected chi connectivity index (χ3v) is 3.05. The van der Waals surface area contributed by atoms with Gasteiger partial charge in [-0.25, -0.2) is 4.79 Å². The summed E-state index contributed by atoms with van der Waals surface area (Å²) in [6.07, 6.45) is 1.98. The van der Waals surface area contributed by atoms with Gasteiger partial charge >= 0.3 is 12.0 Å². The van der Waals surface area contributed by atoms with Gasteiger partial charge in [0.2, 0.25) is 0 Å². The monoisotopic (exact) mass is 258 g/mol. The number of carboxylic acids is 1. The number of carbonyl (C=O) groups excluding carboxylic acids is 1. The predicted octanol–water partition coefficient (Wildman–Crippen LogP) is 2.22. The molecule has 0 aromatic heterocycles. The molecule has 3 N–H and O–H groups in total. The molecule has 0 spiro atoms. The fourth-order valence-electron chi connectivity index (χ4n) is 1.47. The Kier molecular flexibility index (Phi) is 7.39. The van der Waals surface area contributed by atoms with Crippen LogP contribution in [0.4, 0.5) is 4.79 Å². The van der Waals surface area contributed by atoms with Gasteiger partial charge in [-0.05, 0) is 39.5 Å². The van der Waals surface area contributed by atoms with Crippen molar-refractivity contribution in [2.45, 2.75) is 59.5 Å². The van der Waals surface area contributed by atoms with Gasteiger partial charge in [0.15, 0.2) is 0 Å². The molecule has 0 fully saturated rings. The second-order valence-electron chi connectivity index (χ2n) is 5.41. The number of urea groups is 1. The SMILES string of the molecule is CC(C)CCC(C)NC(=O)NC(C)C(C)C(=O)O. The first-order chi connectivity index (χ1) is 8.23. The number of carboxylic acid groups (broad SMARTS) is 1. The summed E-state index contributed by atoms with van der Waals surface area (Å²) >= 11 is 0. The van der Waals surface area contributed by atoms with E-state index in [-0.39, 0.29) is 18.1 Å². The Morgan fingerprint density at radius 2 is 1.56 bits per heavy atom. The number of hydrogen-bond donors (Lipinski definition) is 3. The smallest absolute Gasteiger partial charge is 0.315 e. The molecule has 0 rings (SSSR count). The second kappa shape index (κ2) is 7.95. The van der Waals surface area contributed by atoms with Crippen LogP contribution in [-0.4, -0.2) is 29.2 Å². The zero-order chi connectivity index (χ0) is 14.3. The highest BCUT2D eigenvalue weighted by Crippen LogP contribution is 2.06. The van der Waals surface area contributed by atoms with E-state index in [0.29, 0.717) is 5.92 Å². The summed E-state index contributed by atoms with van der Waals surface area (Å²) < 4.78 is 0. The average molecular weight is 258 g/mol. The molecule has 0 aliphatic heterocycles. The molecule has 0 radical (unpaired) electrons. The lowest BCUT2D eigenvalue weighted by Gasteiger charge is -2.20. The van der Waals surface area contributed by atoms with Crippen molar-refractivity contribution in [1.29, 1.82) is 0 Å². The maximum absolute atomic E-state index is 11.6. The Morgan fingerprint density at radius 1 is 1.00 bits per heavy atom. The maximum atomic E-state index is 11.6. The predicted molar refractivity (Wildman–Crippen MR) is 71.5 cm³/mol. The van der Waals surface area contributed by atoms with Crippen molar-refractivity contribution >= 4 is 12.0 Å². The summed E-state index contributed by atoms with van der Waals surface area (Å²) in [6, 6.07) is -0.591. The van der Waals surface area contributed by atoms with Crippen molar-refractivity contribution in [1.82, 2.24) is 10.6 Å². The fourth-order valence-corrected chi connectivity index (χ4v) is 1.47. The molecule has 0 aromatic carbocycles. The van der Waals surface area contributed by atoms with E-state index in [1.807, 2.05) is 6.92 Å². The molecule has 3 unspecified atom stereocenters. The molecule has 0 saturated heterocycles. The van der Waals surface area contributed by atoms with Crippen LogP contribution in [0.15, 0.2) is 0 Å². The number of hydrogen-bond acceptors (Lipinski definition) is 2. The van der Waals surface area contributed by atoms with E-state index >= 15 is 0 Å². The van der Waals surface area contributed by atoms with Crippen molar-refractivity contribution in [3.63, 3.8) is 0 Å². The van der Waals surface area contributed by atoms with Crippen LogP contribution in [0, 0.1) is 11.8 Å². The standard InChI is InChI=1S/C13H26N2O3/c1-8(2)6-7-9(3)14-13(18)15-11(5)10(4)12(16)17/h8-11H,6-7H2,1-5H3,(H,16,17)(H2,14,15,18). The van der Waals surface area contributed by atoms with Crippen molar-refractivity contribution in [3.05, 3.63) is 0 Å². The Hall–Kier alpha value is -1.26. The lowest BCUT2D eigenvalue weighted by molar-refractivity contribution is -0.141. The Labute approximate surface area is 109 Å². The minimum Gasteiger partial charge on any atom is -0.481 e. The fraction of sp³-hybridized carbons (Fsp3) is 0.846. The lowest BCUT2D eigenvalue weighted by Crippen LogP contribution is -2.47. The van der Waals surface area contributed by atoms with Crippen LogP contribution >= 0.6 is 0 Å². The molecule has 0 aliphatic carbocycles. The van der Waals surface area contributed by atoms with Gasteiger partial charge in [0.25, 0.3) is 0 Å². The van der Waals surface area contributed by atoms with Crippen LogP contribution in [0.25, 0.3) is 0 Å². The highest BCUT2D eigenvalue weighted by atomic mass is 16.4. The van der Waals surface area contributed by atoms with Crippen LogP contribution in [0.3, 0.4) is 0 Å². The first-order valence-corrected chi connectivity index (χ1v) is 6.53. The van der Waals surface area contributed by atoms with Gasteiger partial charge in [-0.2, -0.15) is 0 Å². The number of rotatable bonds is 7. The lowest BCUT2D eigenvalue weighted by atomic mass is 10.0. The van der Waals surface area contributed by atoms with Crippen LogP contribution in [0.5, 0.6) is 0 Å². The summed E-state index contributed by atoms with van der Waals surface area (Å²) in [4.78, 5) is 22.4. The van der Waals surface area contributed by atoms with Gasteiger partial charge in [-0.15, -0.1) is 0 Å². The van der Waals surface area contributed by atoms with Gasteiger partial charge in [0, 0.05) is 12.1 Å². The largest absolute Gasteiger partial charge is 0.481 e. The molecule has 0 heterocycles. The van der Waals surface area contributed by atoms with Gasteiger partial charge in [0.05, 0.1) is 5.92 Å². The van der Waals surface area contributed by atoms with E-state index in [2.05, 4.69) is 24.5 Å². The minimum absolute atomic E-state index is 0.0970. The van der Waals surface area contributed by atoms with E-state index in [9.17, 15) is 9.59 Å². The molecule has 18 heavy (non-hydrogen) atoms. The van der Waals surface area contributed by atoms with E-state index < -0.39 is 11.9 Å². The van der Waals surface area contributed by atoms with E-state index in [0.717, 1.165) is 12.8 Å². The average Bonchev–Trinajstić information content (AvgIpc) is 2.24. The molecule has 5 heteroatoms. The first kappa shape index (κ1) is 16.7. The van der Waals surface area contributed by atoms with Crippen molar-refractivity contribution in [2.75, 3.05) is 0 Å². The first-order valence-electron chi connectivity index (χ1n) is 6.53. The minimum atomic E-state index is -0.907. The molecule has 0 bridgehead atoms. The topological polar surface area (TPSA) is 78.4 Å². The third-order valence-electron chi connectivity index (χ3n) is 3.05. The molecule has 106 valence electrons.